The molecule has 1 aliphatic carbocycles. The predicted octanol–water partition coefficient (Wildman–Crippen LogP) is 0.905. The van der Waals surface area contributed by atoms with Crippen LogP contribution in [0.4, 0.5) is 0 Å². The first-order valence-electron chi connectivity index (χ1n) is 8.03. The maximum atomic E-state index is 12.7. The van der Waals surface area contributed by atoms with Crippen molar-refractivity contribution in [3.63, 3.8) is 0 Å². The van der Waals surface area contributed by atoms with Crippen molar-refractivity contribution in [2.24, 2.45) is 0 Å². The lowest BCUT2D eigenvalue weighted by atomic mass is 9.99. The number of hydrogen-bond donors (Lipinski definition) is 1. The van der Waals surface area contributed by atoms with E-state index in [-0.39, 0.29) is 30.6 Å². The van der Waals surface area contributed by atoms with Crippen molar-refractivity contribution in [2.75, 3.05) is 19.7 Å². The summed E-state index contributed by atoms with van der Waals surface area (Å²) in [4.78, 5) is 26.0. The molecule has 3 aliphatic rings. The number of aryl methyl sites for hydroxylation is 2. The van der Waals surface area contributed by atoms with Gasteiger partial charge in [0.15, 0.2) is 0 Å². The fourth-order valence-corrected chi connectivity index (χ4v) is 3.77. The summed E-state index contributed by atoms with van der Waals surface area (Å²) in [7, 11) is 0. The molecule has 22 heavy (non-hydrogen) atoms. The fraction of sp³-hybridized carbons (Fsp3) is 0.529. The van der Waals surface area contributed by atoms with Gasteiger partial charge in [-0.1, -0.05) is 6.07 Å². The number of likely N-dealkylation sites (tertiary alicyclic amines) is 1. The van der Waals surface area contributed by atoms with Gasteiger partial charge in [0.05, 0.1) is 12.1 Å². The maximum absolute atomic E-state index is 12.7. The number of fused-ring (bicyclic) bond motifs is 2. The van der Waals surface area contributed by atoms with Crippen LogP contribution in [0.3, 0.4) is 0 Å². The van der Waals surface area contributed by atoms with Crippen LogP contribution >= 0.6 is 0 Å². The van der Waals surface area contributed by atoms with E-state index in [1.165, 1.54) is 17.5 Å². The van der Waals surface area contributed by atoms with Crippen LogP contribution in [-0.4, -0.2) is 48.6 Å². The second-order valence-electron chi connectivity index (χ2n) is 6.40. The first-order chi connectivity index (χ1) is 10.7. The van der Waals surface area contributed by atoms with Gasteiger partial charge in [-0.2, -0.15) is 0 Å². The highest BCUT2D eigenvalue weighted by molar-refractivity contribution is 5.94. The number of benzene rings is 1. The zero-order valence-electron chi connectivity index (χ0n) is 12.5. The van der Waals surface area contributed by atoms with E-state index in [1.54, 1.807) is 0 Å². The van der Waals surface area contributed by atoms with Gasteiger partial charge >= 0.3 is 0 Å². The van der Waals surface area contributed by atoms with Crippen molar-refractivity contribution < 1.29 is 14.3 Å². The molecule has 0 saturated carbocycles. The van der Waals surface area contributed by atoms with Crippen LogP contribution in [0.1, 0.15) is 34.3 Å². The summed E-state index contributed by atoms with van der Waals surface area (Å²) >= 11 is 0. The second-order valence-corrected chi connectivity index (χ2v) is 6.40. The van der Waals surface area contributed by atoms with Gasteiger partial charge in [0, 0.05) is 18.7 Å². The lowest BCUT2D eigenvalue weighted by Gasteiger charge is -2.41. The van der Waals surface area contributed by atoms with Gasteiger partial charge in [0.2, 0.25) is 5.91 Å². The molecule has 2 amide bonds. The third-order valence-electron chi connectivity index (χ3n) is 4.96. The van der Waals surface area contributed by atoms with Crippen molar-refractivity contribution in [2.45, 2.75) is 37.8 Å². The first-order valence-corrected chi connectivity index (χ1v) is 8.03. The van der Waals surface area contributed by atoms with Gasteiger partial charge in [-0.3, -0.25) is 9.59 Å². The number of amides is 2. The predicted molar refractivity (Wildman–Crippen MR) is 80.7 cm³/mol. The molecule has 2 fully saturated rings. The molecule has 1 N–H and O–H groups in total. The third-order valence-corrected chi connectivity index (χ3v) is 4.96. The van der Waals surface area contributed by atoms with E-state index in [1.807, 2.05) is 17.0 Å². The van der Waals surface area contributed by atoms with Crippen LogP contribution in [0, 0.1) is 0 Å². The average molecular weight is 300 g/mol. The van der Waals surface area contributed by atoms with Gasteiger partial charge in [-0.25, -0.2) is 0 Å². The van der Waals surface area contributed by atoms with Gasteiger partial charge in [-0.05, 0) is 48.9 Å². The molecule has 0 spiro atoms. The van der Waals surface area contributed by atoms with Gasteiger partial charge < -0.3 is 15.0 Å². The zero-order valence-corrected chi connectivity index (χ0v) is 12.5. The number of piperidine rings is 1. The van der Waals surface area contributed by atoms with Crippen LogP contribution in [0.15, 0.2) is 18.2 Å². The number of carbonyl (C=O) groups is 2. The van der Waals surface area contributed by atoms with Crippen LogP contribution < -0.4 is 5.32 Å². The van der Waals surface area contributed by atoms with Gasteiger partial charge in [0.25, 0.3) is 5.91 Å². The Balaban J connectivity index is 1.50. The third kappa shape index (κ3) is 2.39. The minimum absolute atomic E-state index is 0.0433. The minimum atomic E-state index is -0.0897. The number of ether oxygens (including phenoxy) is 1. The van der Waals surface area contributed by atoms with Gasteiger partial charge in [0.1, 0.15) is 6.61 Å². The summed E-state index contributed by atoms with van der Waals surface area (Å²) < 4.78 is 5.54. The highest BCUT2D eigenvalue weighted by Crippen LogP contribution is 2.25. The Morgan fingerprint density at radius 1 is 1.27 bits per heavy atom. The van der Waals surface area contributed by atoms with Crippen LogP contribution in [0.2, 0.25) is 0 Å². The van der Waals surface area contributed by atoms with Crippen molar-refractivity contribution in [3.05, 3.63) is 34.9 Å². The first kappa shape index (κ1) is 13.8. The Bertz CT molecular complexity index is 628. The quantitative estimate of drug-likeness (QED) is 0.838. The largest absolute Gasteiger partial charge is 0.366 e. The molecule has 4 rings (SSSR count). The Labute approximate surface area is 129 Å². The smallest absolute Gasteiger partial charge is 0.253 e. The standard InChI is InChI=1S/C17H20N2O3/c20-16-10-22-15-6-7-19(9-14(15)18-16)17(21)13-5-4-11-2-1-3-12(11)8-13/h4-5,8,14-15H,1-3,6-7,9-10H2,(H,18,20)/t14-,15+/m0/s1. The molecule has 1 aromatic carbocycles. The Morgan fingerprint density at radius 2 is 2.14 bits per heavy atom. The number of hydrogen-bond acceptors (Lipinski definition) is 3. The highest BCUT2D eigenvalue weighted by atomic mass is 16.5. The van der Waals surface area contributed by atoms with Crippen molar-refractivity contribution in [3.8, 4) is 0 Å². The Morgan fingerprint density at radius 3 is 3.05 bits per heavy atom. The molecule has 0 aromatic heterocycles. The molecule has 1 aromatic rings. The number of nitrogens with one attached hydrogen (secondary N) is 1. The van der Waals surface area contributed by atoms with E-state index in [0.29, 0.717) is 13.1 Å². The summed E-state index contributed by atoms with van der Waals surface area (Å²) in [6.45, 7) is 1.36. The summed E-state index contributed by atoms with van der Waals surface area (Å²) in [6.07, 6.45) is 4.21. The van der Waals surface area contributed by atoms with E-state index in [9.17, 15) is 9.59 Å². The van der Waals surface area contributed by atoms with E-state index in [4.69, 9.17) is 4.74 Å². The molecule has 116 valence electrons. The molecule has 0 bridgehead atoms. The topological polar surface area (TPSA) is 58.6 Å². The number of morpholine rings is 1. The summed E-state index contributed by atoms with van der Waals surface area (Å²) in [5, 5.41) is 2.94. The molecular weight excluding hydrogens is 280 g/mol. The van der Waals surface area contributed by atoms with Crippen LogP contribution in [-0.2, 0) is 22.4 Å². The maximum Gasteiger partial charge on any atom is 0.253 e. The Hall–Kier alpha value is -1.88. The normalized spacial score (nSPS) is 27.1. The second kappa shape index (κ2) is 5.39. The molecule has 5 nitrogen and oxygen atoms in total. The number of nitrogens with zero attached hydrogens (tertiary/aromatic N) is 1. The summed E-state index contributed by atoms with van der Waals surface area (Å²) in [5.41, 5.74) is 3.46. The van der Waals surface area contributed by atoms with E-state index in [0.717, 1.165) is 24.8 Å². The molecule has 2 saturated heterocycles. The monoisotopic (exact) mass is 300 g/mol. The van der Waals surface area contributed by atoms with Crippen LogP contribution in [0.25, 0.3) is 0 Å². The molecule has 2 heterocycles. The average Bonchev–Trinajstić information content (AvgIpc) is 3.01. The molecular formula is C17H20N2O3. The minimum Gasteiger partial charge on any atom is -0.366 e. The van der Waals surface area contributed by atoms with Crippen LogP contribution in [0.5, 0.6) is 0 Å². The molecule has 5 heteroatoms. The molecule has 2 atom stereocenters. The SMILES string of the molecule is O=C1CO[C@@H]2CCN(C(=O)c3ccc4c(c3)CCC4)C[C@@H]2N1. The van der Waals surface area contributed by atoms with Crippen molar-refractivity contribution in [1.82, 2.24) is 10.2 Å². The summed E-state index contributed by atoms with van der Waals surface area (Å²) in [6, 6.07) is 6.00. The Kier molecular flexibility index (Phi) is 3.37. The molecule has 0 unspecified atom stereocenters. The lowest BCUT2D eigenvalue weighted by molar-refractivity contribution is -0.139. The molecule has 0 radical (unpaired) electrons. The lowest BCUT2D eigenvalue weighted by Crippen LogP contribution is -2.61. The van der Waals surface area contributed by atoms with Crippen molar-refractivity contribution >= 4 is 11.8 Å². The zero-order chi connectivity index (χ0) is 15.1. The highest BCUT2D eigenvalue weighted by Gasteiger charge is 2.36. The van der Waals surface area contributed by atoms with E-state index >= 15 is 0 Å². The number of carbonyl (C=O) groups excluding carboxylic acids is 2. The van der Waals surface area contributed by atoms with Crippen molar-refractivity contribution in [1.29, 1.82) is 0 Å². The van der Waals surface area contributed by atoms with Gasteiger partial charge in [-0.15, -0.1) is 0 Å². The fourth-order valence-electron chi connectivity index (χ4n) is 3.77. The van der Waals surface area contributed by atoms with E-state index in [2.05, 4.69) is 11.4 Å². The van der Waals surface area contributed by atoms with E-state index < -0.39 is 0 Å². The number of rotatable bonds is 1. The summed E-state index contributed by atoms with van der Waals surface area (Å²) in [5.74, 6) is -0.0268. The molecule has 2 aliphatic heterocycles.